The summed E-state index contributed by atoms with van der Waals surface area (Å²) >= 11 is 0. The fraction of sp³-hybridized carbons (Fsp3) is 0.545. The van der Waals surface area contributed by atoms with Gasteiger partial charge < -0.3 is 10.6 Å². The molecule has 2 N–H and O–H groups in total. The molecule has 0 bridgehead atoms. The Morgan fingerprint density at radius 2 is 2.47 bits per heavy atom. The SMILES string of the molecule is CC(NC(=O)C1CCC(=O)N1)c1cnn(C)c1. The van der Waals surface area contributed by atoms with Gasteiger partial charge in [-0.1, -0.05) is 0 Å². The summed E-state index contributed by atoms with van der Waals surface area (Å²) in [6, 6.07) is -0.490. The lowest BCUT2D eigenvalue weighted by Gasteiger charge is -2.15. The normalized spacial score (nSPS) is 21.1. The molecule has 1 fully saturated rings. The van der Waals surface area contributed by atoms with E-state index in [-0.39, 0.29) is 23.9 Å². The third-order valence-corrected chi connectivity index (χ3v) is 2.90. The first kappa shape index (κ1) is 11.6. The summed E-state index contributed by atoms with van der Waals surface area (Å²) in [6.07, 6.45) is 4.58. The molecule has 0 aliphatic carbocycles. The standard InChI is InChI=1S/C11H16N4O2/c1-7(8-5-12-15(2)6-8)13-11(17)9-3-4-10(16)14-9/h5-7,9H,3-4H2,1-2H3,(H,13,17)(H,14,16). The molecule has 0 aromatic carbocycles. The van der Waals surface area contributed by atoms with Crippen molar-refractivity contribution in [3.8, 4) is 0 Å². The first-order valence-electron chi connectivity index (χ1n) is 5.64. The van der Waals surface area contributed by atoms with Crippen LogP contribution in [0.2, 0.25) is 0 Å². The zero-order valence-electron chi connectivity index (χ0n) is 9.93. The van der Waals surface area contributed by atoms with Crippen LogP contribution in [0.1, 0.15) is 31.4 Å². The van der Waals surface area contributed by atoms with Crippen LogP contribution in [-0.4, -0.2) is 27.6 Å². The van der Waals surface area contributed by atoms with Gasteiger partial charge in [0.15, 0.2) is 0 Å². The second kappa shape index (κ2) is 4.57. The molecule has 1 aromatic heterocycles. The molecule has 6 heteroatoms. The Morgan fingerprint density at radius 3 is 3.00 bits per heavy atom. The fourth-order valence-electron chi connectivity index (χ4n) is 1.87. The number of nitrogens with zero attached hydrogens (tertiary/aromatic N) is 2. The number of aromatic nitrogens is 2. The van der Waals surface area contributed by atoms with Gasteiger partial charge in [-0.05, 0) is 13.3 Å². The van der Waals surface area contributed by atoms with Gasteiger partial charge in [-0.2, -0.15) is 5.10 Å². The molecule has 0 radical (unpaired) electrons. The summed E-state index contributed by atoms with van der Waals surface area (Å²) in [7, 11) is 1.83. The van der Waals surface area contributed by atoms with E-state index in [1.165, 1.54) is 0 Å². The molecule has 0 saturated carbocycles. The molecule has 2 unspecified atom stereocenters. The third-order valence-electron chi connectivity index (χ3n) is 2.90. The van der Waals surface area contributed by atoms with Crippen molar-refractivity contribution in [2.24, 2.45) is 7.05 Å². The monoisotopic (exact) mass is 236 g/mol. The predicted molar refractivity (Wildman–Crippen MR) is 60.9 cm³/mol. The summed E-state index contributed by atoms with van der Waals surface area (Å²) < 4.78 is 1.69. The number of amides is 2. The molecule has 2 heterocycles. The van der Waals surface area contributed by atoms with Crippen LogP contribution >= 0.6 is 0 Å². The molecule has 2 amide bonds. The number of nitrogens with one attached hydrogen (secondary N) is 2. The zero-order chi connectivity index (χ0) is 12.4. The molecule has 92 valence electrons. The van der Waals surface area contributed by atoms with E-state index in [0.717, 1.165) is 5.56 Å². The quantitative estimate of drug-likeness (QED) is 0.768. The van der Waals surface area contributed by atoms with Crippen molar-refractivity contribution in [1.29, 1.82) is 0 Å². The second-order valence-electron chi connectivity index (χ2n) is 4.34. The van der Waals surface area contributed by atoms with Crippen molar-refractivity contribution < 1.29 is 9.59 Å². The van der Waals surface area contributed by atoms with Crippen LogP contribution in [-0.2, 0) is 16.6 Å². The van der Waals surface area contributed by atoms with Crippen LogP contribution in [0.3, 0.4) is 0 Å². The number of carbonyl (C=O) groups excluding carboxylic acids is 2. The van der Waals surface area contributed by atoms with Crippen molar-refractivity contribution in [3.05, 3.63) is 18.0 Å². The highest BCUT2D eigenvalue weighted by atomic mass is 16.2. The molecule has 6 nitrogen and oxygen atoms in total. The van der Waals surface area contributed by atoms with Crippen molar-refractivity contribution in [3.63, 3.8) is 0 Å². The molecular weight excluding hydrogens is 220 g/mol. The van der Waals surface area contributed by atoms with Crippen LogP contribution in [0.25, 0.3) is 0 Å². The Kier molecular flexibility index (Phi) is 3.12. The van der Waals surface area contributed by atoms with Crippen molar-refractivity contribution >= 4 is 11.8 Å². The molecule has 1 aliphatic heterocycles. The molecule has 1 aromatic rings. The molecule has 17 heavy (non-hydrogen) atoms. The highest BCUT2D eigenvalue weighted by Crippen LogP contribution is 2.12. The maximum atomic E-state index is 11.8. The van der Waals surface area contributed by atoms with Gasteiger partial charge in [0, 0.05) is 25.2 Å². The van der Waals surface area contributed by atoms with E-state index in [9.17, 15) is 9.59 Å². The Morgan fingerprint density at radius 1 is 1.71 bits per heavy atom. The number of hydrogen-bond donors (Lipinski definition) is 2. The Balaban J connectivity index is 1.92. The Hall–Kier alpha value is -1.85. The first-order valence-corrected chi connectivity index (χ1v) is 5.64. The molecule has 1 aliphatic rings. The molecular formula is C11H16N4O2. The van der Waals surface area contributed by atoms with Gasteiger partial charge >= 0.3 is 0 Å². The van der Waals surface area contributed by atoms with Crippen LogP contribution in [0, 0.1) is 0 Å². The van der Waals surface area contributed by atoms with Crippen LogP contribution < -0.4 is 10.6 Å². The highest BCUT2D eigenvalue weighted by Gasteiger charge is 2.28. The van der Waals surface area contributed by atoms with E-state index < -0.39 is 0 Å². The summed E-state index contributed by atoms with van der Waals surface area (Å²) in [5.74, 6) is -0.189. The summed E-state index contributed by atoms with van der Waals surface area (Å²) in [5.41, 5.74) is 0.949. The van der Waals surface area contributed by atoms with E-state index in [1.54, 1.807) is 10.9 Å². The van der Waals surface area contributed by atoms with E-state index >= 15 is 0 Å². The van der Waals surface area contributed by atoms with E-state index in [2.05, 4.69) is 15.7 Å². The summed E-state index contributed by atoms with van der Waals surface area (Å²) in [4.78, 5) is 22.8. The Bertz CT molecular complexity index is 440. The topological polar surface area (TPSA) is 76.0 Å². The molecule has 0 spiro atoms. The molecule has 1 saturated heterocycles. The van der Waals surface area contributed by atoms with Gasteiger partial charge in [-0.15, -0.1) is 0 Å². The van der Waals surface area contributed by atoms with E-state index in [4.69, 9.17) is 0 Å². The average Bonchev–Trinajstić information content (AvgIpc) is 2.87. The minimum absolute atomic E-state index is 0.0563. The minimum Gasteiger partial charge on any atom is -0.348 e. The smallest absolute Gasteiger partial charge is 0.243 e. The van der Waals surface area contributed by atoms with Crippen molar-refractivity contribution in [1.82, 2.24) is 20.4 Å². The summed E-state index contributed by atoms with van der Waals surface area (Å²) in [5, 5.41) is 9.56. The van der Waals surface area contributed by atoms with Crippen molar-refractivity contribution in [2.75, 3.05) is 0 Å². The lowest BCUT2D eigenvalue weighted by molar-refractivity contribution is -0.126. The largest absolute Gasteiger partial charge is 0.348 e. The van der Waals surface area contributed by atoms with Gasteiger partial charge in [-0.3, -0.25) is 14.3 Å². The second-order valence-corrected chi connectivity index (χ2v) is 4.34. The van der Waals surface area contributed by atoms with Crippen molar-refractivity contribution in [2.45, 2.75) is 31.8 Å². The van der Waals surface area contributed by atoms with Gasteiger partial charge in [-0.25, -0.2) is 0 Å². The number of carbonyl (C=O) groups is 2. The number of hydrogen-bond acceptors (Lipinski definition) is 3. The number of rotatable bonds is 3. The number of aryl methyl sites for hydroxylation is 1. The Labute approximate surface area is 99.4 Å². The third kappa shape index (κ3) is 2.64. The molecule has 2 rings (SSSR count). The average molecular weight is 236 g/mol. The lowest BCUT2D eigenvalue weighted by Crippen LogP contribution is -2.42. The first-order chi connectivity index (χ1) is 8.06. The maximum absolute atomic E-state index is 11.8. The van der Waals surface area contributed by atoms with Gasteiger partial charge in [0.1, 0.15) is 6.04 Å². The summed E-state index contributed by atoms with van der Waals surface area (Å²) in [6.45, 7) is 1.89. The molecule has 2 atom stereocenters. The van der Waals surface area contributed by atoms with Gasteiger partial charge in [0.25, 0.3) is 0 Å². The van der Waals surface area contributed by atoms with Gasteiger partial charge in [0.2, 0.25) is 11.8 Å². The highest BCUT2D eigenvalue weighted by molar-refractivity contribution is 5.90. The fourth-order valence-corrected chi connectivity index (χ4v) is 1.87. The maximum Gasteiger partial charge on any atom is 0.243 e. The van der Waals surface area contributed by atoms with E-state index in [1.807, 2.05) is 20.2 Å². The zero-order valence-corrected chi connectivity index (χ0v) is 9.93. The predicted octanol–water partition coefficient (Wildman–Crippen LogP) is -0.124. The lowest BCUT2D eigenvalue weighted by atomic mass is 10.1. The van der Waals surface area contributed by atoms with E-state index in [0.29, 0.717) is 12.8 Å². The van der Waals surface area contributed by atoms with Crippen LogP contribution in [0.5, 0.6) is 0 Å². The minimum atomic E-state index is -0.387. The van der Waals surface area contributed by atoms with Crippen LogP contribution in [0.15, 0.2) is 12.4 Å². The van der Waals surface area contributed by atoms with Crippen LogP contribution in [0.4, 0.5) is 0 Å². The van der Waals surface area contributed by atoms with Gasteiger partial charge in [0.05, 0.1) is 12.2 Å².